The number of aromatic nitrogens is 2. The summed E-state index contributed by atoms with van der Waals surface area (Å²) in [7, 11) is 0. The molecule has 0 radical (unpaired) electrons. The molecular weight excluding hydrogens is 212 g/mol. The number of carboxylic acid groups (broad SMARTS) is 1. The number of aromatic carboxylic acids is 1. The number of rotatable bonds is 3. The molecular formula is C10H14N2O4. The highest BCUT2D eigenvalue weighted by Gasteiger charge is 2.27. The molecule has 0 spiro atoms. The average Bonchev–Trinajstić information content (AvgIpc) is 2.78. The Hall–Kier alpha value is -1.43. The predicted octanol–water partition coefficient (Wildman–Crippen LogP) is 1.44. The van der Waals surface area contributed by atoms with Crippen molar-refractivity contribution in [1.82, 2.24) is 10.1 Å². The number of ether oxygens (including phenoxy) is 1. The summed E-state index contributed by atoms with van der Waals surface area (Å²) in [6.45, 7) is 2.66. The molecule has 2 atom stereocenters. The minimum Gasteiger partial charge on any atom is -0.475 e. The van der Waals surface area contributed by atoms with Crippen LogP contribution in [0.4, 0.5) is 0 Å². The standard InChI is InChI=1S/C10H14N2O4/c1-6(7-4-2-3-5-15-7)9-11-8(10(13)14)12-16-9/h6-7H,2-5H2,1H3,(H,13,14). The molecule has 1 aliphatic heterocycles. The van der Waals surface area contributed by atoms with Gasteiger partial charge in [-0.2, -0.15) is 4.98 Å². The molecule has 2 heterocycles. The molecule has 16 heavy (non-hydrogen) atoms. The van der Waals surface area contributed by atoms with Crippen LogP contribution in [0.25, 0.3) is 0 Å². The Morgan fingerprint density at radius 1 is 1.56 bits per heavy atom. The molecule has 0 aromatic carbocycles. The van der Waals surface area contributed by atoms with Gasteiger partial charge in [-0.25, -0.2) is 4.79 Å². The van der Waals surface area contributed by atoms with Gasteiger partial charge in [-0.3, -0.25) is 0 Å². The Labute approximate surface area is 92.6 Å². The lowest BCUT2D eigenvalue weighted by molar-refractivity contribution is -0.00334. The predicted molar refractivity (Wildman–Crippen MR) is 53.3 cm³/mol. The van der Waals surface area contributed by atoms with Crippen molar-refractivity contribution in [2.45, 2.75) is 38.2 Å². The van der Waals surface area contributed by atoms with E-state index in [1.807, 2.05) is 6.92 Å². The highest BCUT2D eigenvalue weighted by Crippen LogP contribution is 2.26. The molecule has 0 saturated carbocycles. The molecule has 2 unspecified atom stereocenters. The molecule has 1 aliphatic rings. The lowest BCUT2D eigenvalue weighted by Crippen LogP contribution is -2.25. The summed E-state index contributed by atoms with van der Waals surface area (Å²) in [6, 6.07) is 0. The van der Waals surface area contributed by atoms with Crippen molar-refractivity contribution in [3.05, 3.63) is 11.7 Å². The molecule has 1 fully saturated rings. The second-order valence-electron chi connectivity index (χ2n) is 3.96. The summed E-state index contributed by atoms with van der Waals surface area (Å²) in [5.41, 5.74) is 0. The lowest BCUT2D eigenvalue weighted by Gasteiger charge is -2.25. The van der Waals surface area contributed by atoms with E-state index in [0.29, 0.717) is 5.89 Å². The van der Waals surface area contributed by atoms with Gasteiger partial charge in [-0.05, 0) is 24.4 Å². The largest absolute Gasteiger partial charge is 0.475 e. The quantitative estimate of drug-likeness (QED) is 0.839. The molecule has 0 amide bonds. The van der Waals surface area contributed by atoms with E-state index >= 15 is 0 Å². The van der Waals surface area contributed by atoms with Crippen molar-refractivity contribution in [1.29, 1.82) is 0 Å². The molecule has 0 bridgehead atoms. The van der Waals surface area contributed by atoms with Crippen molar-refractivity contribution < 1.29 is 19.2 Å². The van der Waals surface area contributed by atoms with Gasteiger partial charge in [0.15, 0.2) is 0 Å². The van der Waals surface area contributed by atoms with E-state index in [1.54, 1.807) is 0 Å². The molecule has 6 nitrogen and oxygen atoms in total. The van der Waals surface area contributed by atoms with E-state index in [1.165, 1.54) is 0 Å². The number of hydrogen-bond acceptors (Lipinski definition) is 5. The fourth-order valence-corrected chi connectivity index (χ4v) is 1.83. The highest BCUT2D eigenvalue weighted by atomic mass is 16.5. The van der Waals surface area contributed by atoms with Crippen LogP contribution in [0.5, 0.6) is 0 Å². The highest BCUT2D eigenvalue weighted by molar-refractivity contribution is 5.82. The van der Waals surface area contributed by atoms with Gasteiger partial charge < -0.3 is 14.4 Å². The van der Waals surface area contributed by atoms with E-state index in [2.05, 4.69) is 10.1 Å². The fraction of sp³-hybridized carbons (Fsp3) is 0.700. The second kappa shape index (κ2) is 4.61. The number of nitrogens with zero attached hydrogens (tertiary/aromatic N) is 2. The average molecular weight is 226 g/mol. The van der Waals surface area contributed by atoms with E-state index in [4.69, 9.17) is 14.4 Å². The van der Waals surface area contributed by atoms with Crippen LogP contribution in [0.3, 0.4) is 0 Å². The van der Waals surface area contributed by atoms with Crippen LogP contribution < -0.4 is 0 Å². The maximum atomic E-state index is 10.6. The van der Waals surface area contributed by atoms with Crippen molar-refractivity contribution in [2.24, 2.45) is 0 Å². The van der Waals surface area contributed by atoms with Crippen LogP contribution in [-0.2, 0) is 4.74 Å². The first-order valence-electron chi connectivity index (χ1n) is 5.37. The summed E-state index contributed by atoms with van der Waals surface area (Å²) in [5.74, 6) is -1.19. The second-order valence-corrected chi connectivity index (χ2v) is 3.96. The minimum absolute atomic E-state index is 0.0517. The van der Waals surface area contributed by atoms with E-state index in [-0.39, 0.29) is 17.8 Å². The van der Waals surface area contributed by atoms with Gasteiger partial charge in [-0.15, -0.1) is 0 Å². The van der Waals surface area contributed by atoms with Gasteiger partial charge in [0.1, 0.15) is 0 Å². The normalized spacial score (nSPS) is 22.9. The Morgan fingerprint density at radius 2 is 2.38 bits per heavy atom. The summed E-state index contributed by atoms with van der Waals surface area (Å²) in [4.78, 5) is 14.4. The van der Waals surface area contributed by atoms with Crippen LogP contribution in [0.15, 0.2) is 4.52 Å². The van der Waals surface area contributed by atoms with Gasteiger partial charge >= 0.3 is 5.97 Å². The molecule has 1 aromatic rings. The molecule has 0 aliphatic carbocycles. The zero-order chi connectivity index (χ0) is 11.5. The van der Waals surface area contributed by atoms with Crippen LogP contribution in [-0.4, -0.2) is 33.9 Å². The van der Waals surface area contributed by atoms with Crippen molar-refractivity contribution in [2.75, 3.05) is 6.61 Å². The third-order valence-corrected chi connectivity index (χ3v) is 2.80. The molecule has 6 heteroatoms. The SMILES string of the molecule is CC(c1nc(C(=O)O)no1)C1CCCCO1. The van der Waals surface area contributed by atoms with Crippen molar-refractivity contribution in [3.8, 4) is 0 Å². The Kier molecular flexibility index (Phi) is 3.19. The summed E-state index contributed by atoms with van der Waals surface area (Å²) in [5, 5.41) is 12.1. The number of carbonyl (C=O) groups is 1. The van der Waals surface area contributed by atoms with Gasteiger partial charge in [0.05, 0.1) is 12.0 Å². The minimum atomic E-state index is -1.17. The third-order valence-electron chi connectivity index (χ3n) is 2.80. The topological polar surface area (TPSA) is 85.5 Å². The summed E-state index contributed by atoms with van der Waals surface area (Å²) >= 11 is 0. The van der Waals surface area contributed by atoms with Crippen LogP contribution in [0.2, 0.25) is 0 Å². The summed E-state index contributed by atoms with van der Waals surface area (Å²) in [6.07, 6.45) is 3.20. The zero-order valence-corrected chi connectivity index (χ0v) is 9.05. The molecule has 2 rings (SSSR count). The Balaban J connectivity index is 2.07. The van der Waals surface area contributed by atoms with Gasteiger partial charge in [0.25, 0.3) is 5.82 Å². The maximum Gasteiger partial charge on any atom is 0.377 e. The first-order chi connectivity index (χ1) is 7.68. The van der Waals surface area contributed by atoms with Crippen molar-refractivity contribution in [3.63, 3.8) is 0 Å². The van der Waals surface area contributed by atoms with Crippen molar-refractivity contribution >= 4 is 5.97 Å². The monoisotopic (exact) mass is 226 g/mol. The van der Waals surface area contributed by atoms with Crippen LogP contribution in [0, 0.1) is 0 Å². The Morgan fingerprint density at radius 3 is 2.94 bits per heavy atom. The Bertz CT molecular complexity index is 371. The van der Waals surface area contributed by atoms with E-state index < -0.39 is 5.97 Å². The maximum absolute atomic E-state index is 10.6. The summed E-state index contributed by atoms with van der Waals surface area (Å²) < 4.78 is 10.5. The zero-order valence-electron chi connectivity index (χ0n) is 9.05. The van der Waals surface area contributed by atoms with E-state index in [9.17, 15) is 4.79 Å². The lowest BCUT2D eigenvalue weighted by atomic mass is 9.97. The smallest absolute Gasteiger partial charge is 0.377 e. The first kappa shape index (κ1) is 11.1. The van der Waals surface area contributed by atoms with Gasteiger partial charge in [0, 0.05) is 6.61 Å². The molecule has 1 aromatic heterocycles. The van der Waals surface area contributed by atoms with Crippen LogP contribution in [0.1, 0.15) is 48.6 Å². The number of hydrogen-bond donors (Lipinski definition) is 1. The third kappa shape index (κ3) is 2.21. The van der Waals surface area contributed by atoms with Crippen LogP contribution >= 0.6 is 0 Å². The fourth-order valence-electron chi connectivity index (χ4n) is 1.83. The molecule has 88 valence electrons. The molecule has 1 saturated heterocycles. The van der Waals surface area contributed by atoms with Gasteiger partial charge in [-0.1, -0.05) is 6.92 Å². The molecule has 1 N–H and O–H groups in total. The number of carboxylic acids is 1. The van der Waals surface area contributed by atoms with E-state index in [0.717, 1.165) is 25.9 Å². The van der Waals surface area contributed by atoms with Gasteiger partial charge in [0.2, 0.25) is 5.89 Å². The first-order valence-corrected chi connectivity index (χ1v) is 5.37.